The third-order valence-corrected chi connectivity index (χ3v) is 8.14. The van der Waals surface area contributed by atoms with E-state index in [-0.39, 0.29) is 5.56 Å². The number of nitrogens with one attached hydrogen (secondary N) is 1. The molecule has 0 unspecified atom stereocenters. The SMILES string of the molecule is CCCCn1c(CN2C[C@H]3[C@H]4CC[C@@H](C4)[C@H]32)nc2c1c(=O)[nH]c(=O)n2Cc1ccccc1. The lowest BCUT2D eigenvalue weighted by atomic mass is 9.77. The molecule has 1 aliphatic heterocycles. The molecule has 2 bridgehead atoms. The molecule has 4 atom stereocenters. The smallest absolute Gasteiger partial charge is 0.321 e. The van der Waals surface area contributed by atoms with Crippen LogP contribution in [0, 0.1) is 17.8 Å². The molecule has 3 aromatic rings. The Balaban J connectivity index is 1.40. The number of fused-ring (bicyclic) bond motifs is 6. The summed E-state index contributed by atoms with van der Waals surface area (Å²) >= 11 is 0. The van der Waals surface area contributed by atoms with Crippen LogP contribution < -0.4 is 11.2 Å². The predicted molar refractivity (Wildman–Crippen MR) is 124 cm³/mol. The summed E-state index contributed by atoms with van der Waals surface area (Å²) in [5.74, 6) is 3.56. The third kappa shape index (κ3) is 3.09. The fourth-order valence-electron chi connectivity index (χ4n) is 6.62. The van der Waals surface area contributed by atoms with Gasteiger partial charge in [0.1, 0.15) is 5.82 Å². The van der Waals surface area contributed by atoms with Gasteiger partial charge < -0.3 is 4.57 Å². The van der Waals surface area contributed by atoms with Crippen LogP contribution in [0.1, 0.15) is 50.4 Å². The van der Waals surface area contributed by atoms with Crippen molar-refractivity contribution in [1.82, 2.24) is 24.0 Å². The van der Waals surface area contributed by atoms with Gasteiger partial charge in [-0.25, -0.2) is 9.78 Å². The van der Waals surface area contributed by atoms with E-state index in [1.807, 2.05) is 30.3 Å². The van der Waals surface area contributed by atoms with Gasteiger partial charge in [0.25, 0.3) is 5.56 Å². The topological polar surface area (TPSA) is 75.9 Å². The maximum atomic E-state index is 12.9. The summed E-state index contributed by atoms with van der Waals surface area (Å²) in [6, 6.07) is 10.6. The minimum Gasteiger partial charge on any atom is -0.321 e. The van der Waals surface area contributed by atoms with Crippen LogP contribution in [0.25, 0.3) is 11.2 Å². The summed E-state index contributed by atoms with van der Waals surface area (Å²) < 4.78 is 3.70. The second-order valence-corrected chi connectivity index (χ2v) is 9.95. The number of nitrogens with zero attached hydrogens (tertiary/aromatic N) is 4. The van der Waals surface area contributed by atoms with E-state index in [9.17, 15) is 9.59 Å². The first kappa shape index (κ1) is 20.0. The molecule has 2 aliphatic carbocycles. The normalized spacial score (nSPS) is 26.5. The first-order valence-electron chi connectivity index (χ1n) is 12.1. The van der Waals surface area contributed by atoms with Gasteiger partial charge in [0, 0.05) is 19.1 Å². The fraction of sp³-hybridized carbons (Fsp3) is 0.560. The van der Waals surface area contributed by atoms with Crippen molar-refractivity contribution in [3.05, 3.63) is 62.6 Å². The van der Waals surface area contributed by atoms with Crippen molar-refractivity contribution in [2.24, 2.45) is 17.8 Å². The van der Waals surface area contributed by atoms with Crippen molar-refractivity contribution in [2.75, 3.05) is 6.54 Å². The summed E-state index contributed by atoms with van der Waals surface area (Å²) in [6.07, 6.45) is 6.19. The van der Waals surface area contributed by atoms with Crippen molar-refractivity contribution in [3.8, 4) is 0 Å². The lowest BCUT2D eigenvalue weighted by Gasteiger charge is -2.50. The van der Waals surface area contributed by atoms with Gasteiger partial charge in [-0.1, -0.05) is 43.7 Å². The largest absolute Gasteiger partial charge is 0.330 e. The van der Waals surface area contributed by atoms with E-state index in [4.69, 9.17) is 4.98 Å². The molecule has 3 aliphatic rings. The van der Waals surface area contributed by atoms with E-state index in [0.29, 0.717) is 23.8 Å². The minimum atomic E-state index is -0.393. The Morgan fingerprint density at radius 1 is 1.06 bits per heavy atom. The first-order chi connectivity index (χ1) is 15.6. The van der Waals surface area contributed by atoms with Gasteiger partial charge in [0.05, 0.1) is 13.1 Å². The molecule has 1 aromatic carbocycles. The molecule has 0 spiro atoms. The molecule has 0 radical (unpaired) electrons. The number of rotatable bonds is 7. The molecular formula is C25H31N5O2. The standard InChI is InChI=1S/C25H31N5O2/c1-2-3-11-29-20(15-28-14-19-17-9-10-18(12-17)21(19)28)26-23-22(29)24(31)27-25(32)30(23)13-16-7-5-4-6-8-16/h4-8,17-19,21H,2-3,9-15H2,1H3,(H,27,31,32)/t17-,18-,19-,21+/m0/s1. The van der Waals surface area contributed by atoms with E-state index in [0.717, 1.165) is 61.6 Å². The fourth-order valence-corrected chi connectivity index (χ4v) is 6.62. The number of aryl methyl sites for hydroxylation is 1. The lowest BCUT2D eigenvalue weighted by molar-refractivity contribution is -0.0305. The number of H-pyrrole nitrogens is 1. The summed E-state index contributed by atoms with van der Waals surface area (Å²) in [6.45, 7) is 5.22. The van der Waals surface area contributed by atoms with Crippen LogP contribution >= 0.6 is 0 Å². The van der Waals surface area contributed by atoms with E-state index in [1.54, 1.807) is 4.57 Å². The third-order valence-electron chi connectivity index (χ3n) is 8.14. The Morgan fingerprint density at radius 3 is 2.66 bits per heavy atom. The summed E-state index contributed by atoms with van der Waals surface area (Å²) in [5, 5.41) is 0. The van der Waals surface area contributed by atoms with Crippen LogP contribution in [-0.4, -0.2) is 36.6 Å². The number of hydrogen-bond acceptors (Lipinski definition) is 4. The number of unbranched alkanes of at least 4 members (excludes halogenated alkanes) is 1. The maximum Gasteiger partial charge on any atom is 0.330 e. The average Bonchev–Trinajstić information content (AvgIpc) is 3.44. The maximum absolute atomic E-state index is 12.9. The summed E-state index contributed by atoms with van der Waals surface area (Å²) in [7, 11) is 0. The van der Waals surface area contributed by atoms with Gasteiger partial charge in [-0.15, -0.1) is 0 Å². The molecule has 7 nitrogen and oxygen atoms in total. The van der Waals surface area contributed by atoms with E-state index >= 15 is 0 Å². The molecule has 2 aromatic heterocycles. The Labute approximate surface area is 187 Å². The molecule has 6 rings (SSSR count). The quantitative estimate of drug-likeness (QED) is 0.622. The molecular weight excluding hydrogens is 402 g/mol. The summed E-state index contributed by atoms with van der Waals surface area (Å²) in [4.78, 5) is 35.8. The number of aromatic nitrogens is 4. The zero-order valence-corrected chi connectivity index (χ0v) is 18.7. The molecule has 168 valence electrons. The van der Waals surface area contributed by atoms with E-state index in [1.165, 1.54) is 19.3 Å². The highest BCUT2D eigenvalue weighted by Gasteiger charge is 2.56. The van der Waals surface area contributed by atoms with Gasteiger partial charge in [-0.05, 0) is 49.0 Å². The Hall–Kier alpha value is -2.67. The molecule has 3 heterocycles. The zero-order chi connectivity index (χ0) is 21.8. The highest BCUT2D eigenvalue weighted by molar-refractivity contribution is 5.71. The number of benzene rings is 1. The number of likely N-dealkylation sites (tertiary alicyclic amines) is 1. The van der Waals surface area contributed by atoms with Crippen LogP contribution in [0.5, 0.6) is 0 Å². The number of hydrogen-bond donors (Lipinski definition) is 1. The monoisotopic (exact) mass is 433 g/mol. The van der Waals surface area contributed by atoms with Crippen molar-refractivity contribution >= 4 is 11.2 Å². The van der Waals surface area contributed by atoms with Crippen molar-refractivity contribution in [3.63, 3.8) is 0 Å². The molecule has 0 amide bonds. The van der Waals surface area contributed by atoms with Gasteiger partial charge in [0.2, 0.25) is 0 Å². The zero-order valence-electron chi connectivity index (χ0n) is 18.7. The number of aromatic amines is 1. The Kier molecular flexibility index (Phi) is 4.82. The van der Waals surface area contributed by atoms with Crippen molar-refractivity contribution in [1.29, 1.82) is 0 Å². The molecule has 7 heteroatoms. The van der Waals surface area contributed by atoms with Gasteiger partial charge in [0.15, 0.2) is 11.2 Å². The van der Waals surface area contributed by atoms with Crippen LogP contribution in [0.4, 0.5) is 0 Å². The van der Waals surface area contributed by atoms with Crippen molar-refractivity contribution < 1.29 is 0 Å². The van der Waals surface area contributed by atoms with Crippen LogP contribution in [0.3, 0.4) is 0 Å². The molecule has 1 saturated heterocycles. The molecule has 3 fully saturated rings. The van der Waals surface area contributed by atoms with Gasteiger partial charge in [-0.2, -0.15) is 0 Å². The van der Waals surface area contributed by atoms with Gasteiger partial charge >= 0.3 is 5.69 Å². The Morgan fingerprint density at radius 2 is 1.88 bits per heavy atom. The van der Waals surface area contributed by atoms with Crippen LogP contribution in [-0.2, 0) is 19.6 Å². The second kappa shape index (κ2) is 7.73. The Bertz CT molecular complexity index is 1260. The summed E-state index contributed by atoms with van der Waals surface area (Å²) in [5.41, 5.74) is 1.34. The van der Waals surface area contributed by atoms with Gasteiger partial charge in [-0.3, -0.25) is 19.2 Å². The van der Waals surface area contributed by atoms with Crippen LogP contribution in [0.2, 0.25) is 0 Å². The second-order valence-electron chi connectivity index (χ2n) is 9.95. The lowest BCUT2D eigenvalue weighted by Crippen LogP contribution is -2.58. The molecule has 32 heavy (non-hydrogen) atoms. The minimum absolute atomic E-state index is 0.328. The average molecular weight is 434 g/mol. The van der Waals surface area contributed by atoms with Crippen molar-refractivity contribution in [2.45, 2.75) is 64.7 Å². The van der Waals surface area contributed by atoms with E-state index < -0.39 is 5.69 Å². The van der Waals surface area contributed by atoms with E-state index in [2.05, 4.69) is 21.4 Å². The first-order valence-corrected chi connectivity index (χ1v) is 12.1. The van der Waals surface area contributed by atoms with Crippen LogP contribution in [0.15, 0.2) is 39.9 Å². The highest BCUT2D eigenvalue weighted by atomic mass is 16.2. The molecule has 2 saturated carbocycles. The predicted octanol–water partition coefficient (Wildman–Crippen LogP) is 2.97. The number of imidazole rings is 1. The molecule has 1 N–H and O–H groups in total. The highest BCUT2D eigenvalue weighted by Crippen LogP contribution is 2.55.